The topological polar surface area (TPSA) is 87.7 Å². The molecule has 3 aliphatic heterocycles. The number of nitrogens with zero attached hydrogens (tertiary/aromatic N) is 1. The highest BCUT2D eigenvalue weighted by Crippen LogP contribution is 2.55. The number of rotatable bonds is 7. The summed E-state index contributed by atoms with van der Waals surface area (Å²) in [4.78, 5) is 42.7. The zero-order valence-corrected chi connectivity index (χ0v) is 21.9. The summed E-state index contributed by atoms with van der Waals surface area (Å²) in [5.74, 6) is -1.56. The highest BCUT2D eigenvalue weighted by atomic mass is 79.9. The Labute approximate surface area is 215 Å². The molecule has 0 aromatic heterocycles. The highest BCUT2D eigenvalue weighted by Gasteiger charge is 2.72. The number of benzene rings is 1. The Bertz CT molecular complexity index is 1020. The van der Waals surface area contributed by atoms with Crippen LogP contribution in [0.15, 0.2) is 40.9 Å². The fourth-order valence-electron chi connectivity index (χ4n) is 6.19. The molecule has 0 radical (unpaired) electrons. The third-order valence-electron chi connectivity index (χ3n) is 7.94. The van der Waals surface area contributed by atoms with Crippen molar-refractivity contribution >= 4 is 39.3 Å². The van der Waals surface area contributed by atoms with Gasteiger partial charge in [0.25, 0.3) is 0 Å². The summed E-state index contributed by atoms with van der Waals surface area (Å²) < 4.78 is 7.32. The van der Waals surface area contributed by atoms with Gasteiger partial charge in [-0.2, -0.15) is 0 Å². The summed E-state index contributed by atoms with van der Waals surface area (Å²) >= 11 is 3.41. The van der Waals surface area contributed by atoms with Gasteiger partial charge in [0.05, 0.1) is 17.9 Å². The summed E-state index contributed by atoms with van der Waals surface area (Å²) in [5.41, 5.74) is -0.438. The molecule has 1 aromatic rings. The molecule has 4 aliphatic rings. The Morgan fingerprint density at radius 3 is 2.54 bits per heavy atom. The predicted molar refractivity (Wildman–Crippen MR) is 136 cm³/mol. The van der Waals surface area contributed by atoms with Crippen LogP contribution in [0.1, 0.15) is 52.4 Å². The van der Waals surface area contributed by atoms with Gasteiger partial charge < -0.3 is 20.3 Å². The van der Waals surface area contributed by atoms with Crippen LogP contribution in [0.3, 0.4) is 0 Å². The lowest BCUT2D eigenvalue weighted by atomic mass is 9.74. The second kappa shape index (κ2) is 9.69. The first-order valence-electron chi connectivity index (χ1n) is 12.8. The van der Waals surface area contributed by atoms with Crippen molar-refractivity contribution < 1.29 is 19.1 Å². The maximum absolute atomic E-state index is 13.8. The minimum Gasteiger partial charge on any atom is -0.359 e. The third kappa shape index (κ3) is 4.44. The SMILES string of the molecule is CC(C)CCN1C(=O)[C@H]2[C@@H](C(=O)Nc3ccc(Br)cc3)[C@H]3C=C[C@@]2(O3)[C@H]1C(=O)NC1CCCCC1. The normalized spacial score (nSPS) is 31.8. The van der Waals surface area contributed by atoms with Crippen LogP contribution in [0.25, 0.3) is 0 Å². The molecule has 7 nitrogen and oxygen atoms in total. The van der Waals surface area contributed by atoms with Gasteiger partial charge in [0.15, 0.2) is 0 Å². The standard InChI is InChI=1S/C27H34BrN3O4/c1-16(2)13-15-31-23(25(33)30-18-6-4-3-5-7-18)27-14-12-20(35-27)21(22(27)26(31)34)24(32)29-19-10-8-17(28)9-11-19/h8-12,14,16,18,20-23H,3-7,13,15H2,1-2H3,(H,29,32)(H,30,33)/t20-,21+,22-,23-,27+/m1/s1. The van der Waals surface area contributed by atoms with Crippen molar-refractivity contribution in [3.63, 3.8) is 0 Å². The Morgan fingerprint density at radius 1 is 1.14 bits per heavy atom. The molecule has 1 saturated carbocycles. The van der Waals surface area contributed by atoms with E-state index < -0.39 is 29.6 Å². The number of ether oxygens (including phenoxy) is 1. The van der Waals surface area contributed by atoms with Gasteiger partial charge in [0.2, 0.25) is 17.7 Å². The lowest BCUT2D eigenvalue weighted by Crippen LogP contribution is -2.56. The molecule has 1 aliphatic carbocycles. The Morgan fingerprint density at radius 2 is 1.86 bits per heavy atom. The molecule has 3 amide bonds. The second-order valence-corrected chi connectivity index (χ2v) is 11.7. The van der Waals surface area contributed by atoms with E-state index in [0.717, 1.165) is 36.6 Å². The molecule has 8 heteroatoms. The van der Waals surface area contributed by atoms with E-state index in [0.29, 0.717) is 18.2 Å². The number of hydrogen-bond donors (Lipinski definition) is 2. The fraction of sp³-hybridized carbons (Fsp3) is 0.593. The van der Waals surface area contributed by atoms with Crippen LogP contribution >= 0.6 is 15.9 Å². The minimum atomic E-state index is -1.10. The van der Waals surface area contributed by atoms with Crippen molar-refractivity contribution in [3.05, 3.63) is 40.9 Å². The summed E-state index contributed by atoms with van der Waals surface area (Å²) in [6.07, 6.45) is 9.35. The zero-order chi connectivity index (χ0) is 24.7. The van der Waals surface area contributed by atoms with Crippen molar-refractivity contribution in [2.75, 3.05) is 11.9 Å². The number of halogens is 1. The van der Waals surface area contributed by atoms with E-state index >= 15 is 0 Å². The van der Waals surface area contributed by atoms with Gasteiger partial charge in [-0.25, -0.2) is 0 Å². The van der Waals surface area contributed by atoms with E-state index in [1.54, 1.807) is 4.90 Å². The smallest absolute Gasteiger partial charge is 0.246 e. The summed E-state index contributed by atoms with van der Waals surface area (Å²) in [6.45, 7) is 4.68. The molecule has 2 bridgehead atoms. The van der Waals surface area contributed by atoms with E-state index in [1.165, 1.54) is 6.42 Å². The molecular weight excluding hydrogens is 510 g/mol. The fourth-order valence-corrected chi connectivity index (χ4v) is 6.46. The first-order chi connectivity index (χ1) is 16.8. The van der Waals surface area contributed by atoms with Crippen molar-refractivity contribution in [1.29, 1.82) is 0 Å². The number of hydrogen-bond acceptors (Lipinski definition) is 4. The van der Waals surface area contributed by atoms with Gasteiger partial charge in [-0.05, 0) is 49.4 Å². The van der Waals surface area contributed by atoms with Crippen LogP contribution in [0.4, 0.5) is 5.69 Å². The van der Waals surface area contributed by atoms with E-state index in [1.807, 2.05) is 36.4 Å². The maximum atomic E-state index is 13.8. The maximum Gasteiger partial charge on any atom is 0.246 e. The van der Waals surface area contributed by atoms with Crippen molar-refractivity contribution in [2.24, 2.45) is 17.8 Å². The predicted octanol–water partition coefficient (Wildman–Crippen LogP) is 4.03. The molecule has 0 unspecified atom stereocenters. The van der Waals surface area contributed by atoms with Gasteiger partial charge in [-0.1, -0.05) is 61.2 Å². The molecule has 5 atom stereocenters. The number of nitrogens with one attached hydrogen (secondary N) is 2. The van der Waals surface area contributed by atoms with Crippen LogP contribution in [0.5, 0.6) is 0 Å². The lowest BCUT2D eigenvalue weighted by Gasteiger charge is -2.34. The van der Waals surface area contributed by atoms with Crippen LogP contribution < -0.4 is 10.6 Å². The van der Waals surface area contributed by atoms with Gasteiger partial charge in [-0.3, -0.25) is 14.4 Å². The third-order valence-corrected chi connectivity index (χ3v) is 8.46. The average molecular weight is 544 g/mol. The molecular formula is C27H34BrN3O4. The van der Waals surface area contributed by atoms with E-state index in [4.69, 9.17) is 4.74 Å². The zero-order valence-electron chi connectivity index (χ0n) is 20.3. The van der Waals surface area contributed by atoms with E-state index in [9.17, 15) is 14.4 Å². The van der Waals surface area contributed by atoms with Crippen LogP contribution in [0, 0.1) is 17.8 Å². The number of fused-ring (bicyclic) bond motifs is 1. The molecule has 5 rings (SSSR count). The Kier molecular flexibility index (Phi) is 6.79. The van der Waals surface area contributed by atoms with Crippen LogP contribution in [-0.4, -0.2) is 53.0 Å². The number of likely N-dealkylation sites (tertiary alicyclic amines) is 1. The molecule has 188 valence electrons. The number of carbonyl (C=O) groups is 3. The largest absolute Gasteiger partial charge is 0.359 e. The van der Waals surface area contributed by atoms with Gasteiger partial charge in [0, 0.05) is 22.7 Å². The van der Waals surface area contributed by atoms with Gasteiger partial charge in [0.1, 0.15) is 11.6 Å². The lowest BCUT2D eigenvalue weighted by molar-refractivity contribution is -0.141. The summed E-state index contributed by atoms with van der Waals surface area (Å²) in [5, 5.41) is 6.18. The molecule has 1 aromatic carbocycles. The molecule has 2 saturated heterocycles. The number of anilines is 1. The highest BCUT2D eigenvalue weighted by molar-refractivity contribution is 9.10. The minimum absolute atomic E-state index is 0.132. The van der Waals surface area contributed by atoms with Crippen LogP contribution in [-0.2, 0) is 19.1 Å². The van der Waals surface area contributed by atoms with Gasteiger partial charge >= 0.3 is 0 Å². The first kappa shape index (κ1) is 24.5. The number of amides is 3. The summed E-state index contributed by atoms with van der Waals surface area (Å²) in [7, 11) is 0. The quantitative estimate of drug-likeness (QED) is 0.508. The van der Waals surface area contributed by atoms with Crippen molar-refractivity contribution in [3.8, 4) is 0 Å². The Hall–Kier alpha value is -2.19. The first-order valence-corrected chi connectivity index (χ1v) is 13.6. The van der Waals surface area contributed by atoms with E-state index in [2.05, 4.69) is 40.4 Å². The van der Waals surface area contributed by atoms with E-state index in [-0.39, 0.29) is 23.8 Å². The molecule has 3 heterocycles. The summed E-state index contributed by atoms with van der Waals surface area (Å²) in [6, 6.07) is 6.71. The second-order valence-electron chi connectivity index (χ2n) is 10.8. The monoisotopic (exact) mass is 543 g/mol. The molecule has 35 heavy (non-hydrogen) atoms. The average Bonchev–Trinajstić information content (AvgIpc) is 3.47. The Balaban J connectivity index is 1.42. The molecule has 3 fully saturated rings. The molecule has 2 N–H and O–H groups in total. The van der Waals surface area contributed by atoms with Crippen molar-refractivity contribution in [1.82, 2.24) is 10.2 Å². The molecule has 1 spiro atoms. The van der Waals surface area contributed by atoms with Gasteiger partial charge in [-0.15, -0.1) is 0 Å². The number of carbonyl (C=O) groups excluding carboxylic acids is 3. The van der Waals surface area contributed by atoms with Crippen molar-refractivity contribution in [2.45, 2.75) is 76.2 Å². The van der Waals surface area contributed by atoms with Crippen LogP contribution in [0.2, 0.25) is 0 Å².